The van der Waals surface area contributed by atoms with E-state index < -0.39 is 0 Å². The molecule has 0 nitrogen and oxygen atoms in total. The molecule has 2 aliphatic carbocycles. The lowest BCUT2D eigenvalue weighted by atomic mass is 9.68. The van der Waals surface area contributed by atoms with Crippen LogP contribution in [0.15, 0.2) is 131 Å². The first-order chi connectivity index (χ1) is 20.3. The number of rotatable bonds is 2. The summed E-state index contributed by atoms with van der Waals surface area (Å²) in [6.07, 6.45) is 6.56. The number of hydrogen-bond acceptors (Lipinski definition) is 1. The topological polar surface area (TPSA) is 0 Å². The molecule has 1 saturated carbocycles. The van der Waals surface area contributed by atoms with Gasteiger partial charge in [0.15, 0.2) is 0 Å². The van der Waals surface area contributed by atoms with Gasteiger partial charge >= 0.3 is 0 Å². The van der Waals surface area contributed by atoms with E-state index in [0.717, 1.165) is 0 Å². The van der Waals surface area contributed by atoms with Gasteiger partial charge in [-0.05, 0) is 92.1 Å². The molecule has 0 atom stereocenters. The highest BCUT2D eigenvalue weighted by molar-refractivity contribution is 7.99. The van der Waals surface area contributed by atoms with Crippen molar-refractivity contribution in [3.8, 4) is 44.5 Å². The lowest BCUT2D eigenvalue weighted by molar-refractivity contribution is 0.353. The summed E-state index contributed by atoms with van der Waals surface area (Å²) in [7, 11) is 0. The highest BCUT2D eigenvalue weighted by atomic mass is 32.2. The Balaban J connectivity index is 1.13. The van der Waals surface area contributed by atoms with Gasteiger partial charge in [0.25, 0.3) is 0 Å². The number of fused-ring (bicyclic) bond motifs is 7. The van der Waals surface area contributed by atoms with E-state index in [9.17, 15) is 0 Å². The lowest BCUT2D eigenvalue weighted by Gasteiger charge is -2.36. The first kappa shape index (κ1) is 23.6. The van der Waals surface area contributed by atoms with Crippen molar-refractivity contribution in [3.05, 3.63) is 132 Å². The van der Waals surface area contributed by atoms with E-state index >= 15 is 0 Å². The first-order valence-corrected chi connectivity index (χ1v) is 15.8. The predicted octanol–water partition coefficient (Wildman–Crippen LogP) is 11.5. The van der Waals surface area contributed by atoms with Crippen LogP contribution in [0.3, 0.4) is 0 Å². The molecule has 196 valence electrons. The summed E-state index contributed by atoms with van der Waals surface area (Å²) < 4.78 is 0. The molecule has 0 amide bonds. The first-order valence-electron chi connectivity index (χ1n) is 15.0. The normalized spacial score (nSPS) is 15.9. The van der Waals surface area contributed by atoms with Crippen molar-refractivity contribution in [1.29, 1.82) is 0 Å². The van der Waals surface area contributed by atoms with Crippen LogP contribution in [0.25, 0.3) is 55.3 Å². The third kappa shape index (κ3) is 3.42. The van der Waals surface area contributed by atoms with E-state index in [1.807, 2.05) is 11.8 Å². The van der Waals surface area contributed by atoms with Crippen LogP contribution in [0.5, 0.6) is 0 Å². The maximum absolute atomic E-state index is 2.42. The number of hydrogen-bond donors (Lipinski definition) is 0. The molecule has 0 N–H and O–H groups in total. The van der Waals surface area contributed by atoms with Crippen LogP contribution in [0.2, 0.25) is 0 Å². The van der Waals surface area contributed by atoms with E-state index in [0.29, 0.717) is 0 Å². The van der Waals surface area contributed by atoms with Crippen LogP contribution in [0.1, 0.15) is 43.2 Å². The molecule has 1 spiro atoms. The second-order valence-corrected chi connectivity index (χ2v) is 13.1. The van der Waals surface area contributed by atoms with Crippen LogP contribution in [0, 0.1) is 0 Å². The number of benzene rings is 6. The monoisotopic (exact) mass is 542 g/mol. The summed E-state index contributed by atoms with van der Waals surface area (Å²) in [6, 6.07) is 45.9. The highest BCUT2D eigenvalue weighted by Crippen LogP contribution is 2.58. The van der Waals surface area contributed by atoms with E-state index in [1.54, 1.807) is 11.1 Å². The average Bonchev–Trinajstić information content (AvgIpc) is 3.31. The summed E-state index contributed by atoms with van der Waals surface area (Å²) in [4.78, 5) is 2.70. The van der Waals surface area contributed by atoms with Gasteiger partial charge in [-0.15, -0.1) is 0 Å². The summed E-state index contributed by atoms with van der Waals surface area (Å²) in [6.45, 7) is 0. The molecule has 1 heteroatoms. The fourth-order valence-electron chi connectivity index (χ4n) is 8.03. The standard InChI is InChI=1S/C40H30S/c1-4-23-40(24-5-1)34-14-3-2-11-32(34)39-30(12-8-15-35(39)40)27-19-17-26(18-20-27)29-21-22-36-33(25-29)31-13-6-9-28-10-7-16-37(41-36)38(28)31/h2-3,6-22,25H,1,4-5,23-24H2. The van der Waals surface area contributed by atoms with Gasteiger partial charge in [0.2, 0.25) is 0 Å². The third-order valence-corrected chi connectivity index (χ3v) is 11.0. The molecule has 3 aliphatic rings. The van der Waals surface area contributed by atoms with Crippen LogP contribution in [0.4, 0.5) is 0 Å². The Kier molecular flexibility index (Phi) is 5.16. The van der Waals surface area contributed by atoms with Crippen LogP contribution < -0.4 is 0 Å². The van der Waals surface area contributed by atoms with Crippen molar-refractivity contribution in [2.45, 2.75) is 47.3 Å². The Morgan fingerprint density at radius 2 is 1.15 bits per heavy atom. The Labute approximate surface area is 246 Å². The van der Waals surface area contributed by atoms with E-state index in [1.165, 1.54) is 97.2 Å². The molecular weight excluding hydrogens is 513 g/mol. The zero-order chi connectivity index (χ0) is 27.0. The lowest BCUT2D eigenvalue weighted by Crippen LogP contribution is -2.27. The molecule has 1 heterocycles. The van der Waals surface area contributed by atoms with Crippen molar-refractivity contribution in [1.82, 2.24) is 0 Å². The minimum atomic E-state index is 0.197. The molecule has 9 rings (SSSR count). The van der Waals surface area contributed by atoms with Gasteiger partial charge in [0.1, 0.15) is 0 Å². The Morgan fingerprint density at radius 1 is 0.463 bits per heavy atom. The molecule has 0 unspecified atom stereocenters. The average molecular weight is 543 g/mol. The van der Waals surface area contributed by atoms with Crippen molar-refractivity contribution in [2.75, 3.05) is 0 Å². The van der Waals surface area contributed by atoms with Gasteiger partial charge in [0.05, 0.1) is 0 Å². The molecule has 1 fully saturated rings. The largest absolute Gasteiger partial charge is 0.0888 e. The molecule has 0 bridgehead atoms. The Morgan fingerprint density at radius 3 is 2.02 bits per heavy atom. The maximum atomic E-state index is 2.42. The quantitative estimate of drug-likeness (QED) is 0.209. The van der Waals surface area contributed by atoms with E-state index in [2.05, 4.69) is 121 Å². The molecule has 6 aromatic rings. The van der Waals surface area contributed by atoms with Gasteiger partial charge in [-0.1, -0.05) is 134 Å². The van der Waals surface area contributed by atoms with Crippen molar-refractivity contribution < 1.29 is 0 Å². The van der Waals surface area contributed by atoms with Gasteiger partial charge in [0, 0.05) is 20.6 Å². The van der Waals surface area contributed by atoms with Crippen molar-refractivity contribution >= 4 is 22.5 Å². The van der Waals surface area contributed by atoms with Crippen molar-refractivity contribution in [3.63, 3.8) is 0 Å². The molecule has 1 aliphatic heterocycles. The minimum Gasteiger partial charge on any atom is -0.0888 e. The molecule has 41 heavy (non-hydrogen) atoms. The molecule has 6 aromatic carbocycles. The van der Waals surface area contributed by atoms with Crippen molar-refractivity contribution in [2.24, 2.45) is 0 Å². The van der Waals surface area contributed by atoms with Crippen LogP contribution >= 0.6 is 11.8 Å². The third-order valence-electron chi connectivity index (χ3n) is 9.88. The highest BCUT2D eigenvalue weighted by Gasteiger charge is 2.44. The predicted molar refractivity (Wildman–Crippen MR) is 174 cm³/mol. The Bertz CT molecular complexity index is 1980. The smallest absolute Gasteiger partial charge is 0.0215 e. The second kappa shape index (κ2) is 8.96. The van der Waals surface area contributed by atoms with Gasteiger partial charge in [-0.3, -0.25) is 0 Å². The Hall–Kier alpha value is -4.07. The maximum Gasteiger partial charge on any atom is 0.0215 e. The zero-order valence-electron chi connectivity index (χ0n) is 23.0. The SMILES string of the molecule is c1ccc2c(c1)-c1c(-c3ccc(-c4ccc5c(c4)-c4cccc6cccc(c46)S5)cc3)cccc1C21CCCCC1. The van der Waals surface area contributed by atoms with Gasteiger partial charge in [-0.25, -0.2) is 0 Å². The fraction of sp³-hybridized carbons (Fsp3) is 0.150. The molecular formula is C40H30S. The van der Waals surface area contributed by atoms with Crippen LogP contribution in [-0.2, 0) is 5.41 Å². The molecule has 0 saturated heterocycles. The summed E-state index contributed by atoms with van der Waals surface area (Å²) in [5.41, 5.74) is 14.1. The summed E-state index contributed by atoms with van der Waals surface area (Å²) >= 11 is 1.89. The van der Waals surface area contributed by atoms with E-state index in [4.69, 9.17) is 0 Å². The summed E-state index contributed by atoms with van der Waals surface area (Å²) in [5, 5.41) is 2.70. The zero-order valence-corrected chi connectivity index (χ0v) is 23.8. The summed E-state index contributed by atoms with van der Waals surface area (Å²) in [5.74, 6) is 0. The van der Waals surface area contributed by atoms with Gasteiger partial charge < -0.3 is 0 Å². The van der Waals surface area contributed by atoms with E-state index in [-0.39, 0.29) is 5.41 Å². The fourth-order valence-corrected chi connectivity index (χ4v) is 9.15. The van der Waals surface area contributed by atoms with Crippen LogP contribution in [-0.4, -0.2) is 0 Å². The molecule has 0 aromatic heterocycles. The minimum absolute atomic E-state index is 0.197. The second-order valence-electron chi connectivity index (χ2n) is 12.0. The molecule has 0 radical (unpaired) electrons. The van der Waals surface area contributed by atoms with Gasteiger partial charge in [-0.2, -0.15) is 0 Å².